The van der Waals surface area contributed by atoms with Gasteiger partial charge in [0.2, 0.25) is 0 Å². The maximum atomic E-state index is 10.2. The number of hydrogen-bond donors (Lipinski definition) is 1. The number of nitro groups is 2. The van der Waals surface area contributed by atoms with Gasteiger partial charge in [0.15, 0.2) is 0 Å². The standard InChI is InChI=1S/C6H4N2O4.C6H6O.H2O/c9-7(10)5-2-1-3-6(4-5)8(11)12;7-6-4-2-1-3-5-6;/h1-4H;1-5,7H;1H2. The van der Waals surface area contributed by atoms with Crippen LogP contribution in [0.5, 0.6) is 5.75 Å². The molecular formula is C12H12N2O6. The van der Waals surface area contributed by atoms with Crippen LogP contribution in [0.15, 0.2) is 54.6 Å². The zero-order valence-corrected chi connectivity index (χ0v) is 10.2. The molecule has 0 atom stereocenters. The van der Waals surface area contributed by atoms with Gasteiger partial charge in [-0.1, -0.05) is 18.2 Å². The Morgan fingerprint density at radius 3 is 1.55 bits per heavy atom. The molecular weight excluding hydrogens is 268 g/mol. The second-order valence-corrected chi connectivity index (χ2v) is 3.37. The van der Waals surface area contributed by atoms with E-state index in [9.17, 15) is 20.2 Å². The smallest absolute Gasteiger partial charge is 0.276 e. The minimum Gasteiger partial charge on any atom is -0.508 e. The van der Waals surface area contributed by atoms with E-state index in [0.717, 1.165) is 6.07 Å². The molecule has 0 heterocycles. The number of benzene rings is 2. The Balaban J connectivity index is 0.000000387. The van der Waals surface area contributed by atoms with Crippen molar-refractivity contribution in [3.8, 4) is 5.75 Å². The summed E-state index contributed by atoms with van der Waals surface area (Å²) in [5.74, 6) is 0.322. The van der Waals surface area contributed by atoms with Crippen LogP contribution in [0.1, 0.15) is 0 Å². The van der Waals surface area contributed by atoms with Crippen molar-refractivity contribution in [2.45, 2.75) is 0 Å². The van der Waals surface area contributed by atoms with Crippen molar-refractivity contribution in [2.24, 2.45) is 0 Å². The third-order valence-corrected chi connectivity index (χ3v) is 2.01. The fourth-order valence-electron chi connectivity index (χ4n) is 1.15. The number of para-hydroxylation sites is 1. The van der Waals surface area contributed by atoms with Crippen molar-refractivity contribution in [3.63, 3.8) is 0 Å². The number of phenols is 1. The molecule has 0 spiro atoms. The maximum Gasteiger partial charge on any atom is 0.276 e. The number of aromatic hydroxyl groups is 1. The molecule has 0 saturated carbocycles. The van der Waals surface area contributed by atoms with Gasteiger partial charge in [-0.25, -0.2) is 0 Å². The average molecular weight is 280 g/mol. The van der Waals surface area contributed by atoms with Gasteiger partial charge in [0, 0.05) is 12.1 Å². The summed E-state index contributed by atoms with van der Waals surface area (Å²) < 4.78 is 0. The fraction of sp³-hybridized carbons (Fsp3) is 0. The van der Waals surface area contributed by atoms with Crippen molar-refractivity contribution in [3.05, 3.63) is 74.8 Å². The van der Waals surface area contributed by atoms with Crippen LogP contribution in [-0.4, -0.2) is 20.4 Å². The topological polar surface area (TPSA) is 138 Å². The first-order chi connectivity index (χ1) is 9.00. The van der Waals surface area contributed by atoms with Crippen LogP contribution in [0.3, 0.4) is 0 Å². The lowest BCUT2D eigenvalue weighted by Gasteiger charge is -1.90. The Labute approximate surface area is 113 Å². The Hall–Kier alpha value is -3.00. The van der Waals surface area contributed by atoms with Gasteiger partial charge in [-0.3, -0.25) is 20.2 Å². The van der Waals surface area contributed by atoms with Crippen LogP contribution in [0.25, 0.3) is 0 Å². The molecule has 2 aromatic rings. The molecule has 3 N–H and O–H groups in total. The molecule has 8 nitrogen and oxygen atoms in total. The molecule has 2 rings (SSSR count). The number of phenolic OH excluding ortho intramolecular Hbond substituents is 1. The van der Waals surface area contributed by atoms with E-state index in [1.54, 1.807) is 24.3 Å². The lowest BCUT2D eigenvalue weighted by molar-refractivity contribution is -0.394. The summed E-state index contributed by atoms with van der Waals surface area (Å²) in [6.07, 6.45) is 0. The number of non-ortho nitro benzene ring substituents is 2. The molecule has 20 heavy (non-hydrogen) atoms. The second kappa shape index (κ2) is 8.16. The molecule has 0 fully saturated rings. The van der Waals surface area contributed by atoms with Crippen LogP contribution in [0, 0.1) is 20.2 Å². The molecule has 0 amide bonds. The summed E-state index contributed by atoms with van der Waals surface area (Å²) in [5, 5.41) is 28.9. The molecule has 2 aromatic carbocycles. The highest BCUT2D eigenvalue weighted by atomic mass is 16.6. The normalized spacial score (nSPS) is 8.60. The fourth-order valence-corrected chi connectivity index (χ4v) is 1.15. The van der Waals surface area contributed by atoms with Crippen molar-refractivity contribution in [1.29, 1.82) is 0 Å². The number of rotatable bonds is 2. The van der Waals surface area contributed by atoms with E-state index < -0.39 is 9.85 Å². The van der Waals surface area contributed by atoms with E-state index in [4.69, 9.17) is 5.11 Å². The molecule has 0 aliphatic heterocycles. The zero-order valence-electron chi connectivity index (χ0n) is 10.2. The number of hydrogen-bond acceptors (Lipinski definition) is 5. The van der Waals surface area contributed by atoms with E-state index in [-0.39, 0.29) is 16.9 Å². The largest absolute Gasteiger partial charge is 0.508 e. The van der Waals surface area contributed by atoms with E-state index in [1.165, 1.54) is 18.2 Å². The molecule has 106 valence electrons. The predicted molar refractivity (Wildman–Crippen MR) is 71.5 cm³/mol. The van der Waals surface area contributed by atoms with Gasteiger partial charge in [0.25, 0.3) is 11.4 Å². The first kappa shape index (κ1) is 17.0. The Bertz CT molecular complexity index is 544. The van der Waals surface area contributed by atoms with Gasteiger partial charge < -0.3 is 10.6 Å². The monoisotopic (exact) mass is 280 g/mol. The Morgan fingerprint density at radius 2 is 1.25 bits per heavy atom. The highest BCUT2D eigenvalue weighted by molar-refractivity contribution is 5.42. The molecule has 0 radical (unpaired) electrons. The molecule has 0 saturated heterocycles. The van der Waals surface area contributed by atoms with Crippen LogP contribution < -0.4 is 0 Å². The third kappa shape index (κ3) is 5.56. The lowest BCUT2D eigenvalue weighted by Crippen LogP contribution is -1.91. The van der Waals surface area contributed by atoms with Gasteiger partial charge in [0.05, 0.1) is 15.9 Å². The van der Waals surface area contributed by atoms with E-state index in [0.29, 0.717) is 5.75 Å². The summed E-state index contributed by atoms with van der Waals surface area (Å²) in [7, 11) is 0. The van der Waals surface area contributed by atoms with Gasteiger partial charge in [-0.15, -0.1) is 0 Å². The van der Waals surface area contributed by atoms with Crippen molar-refractivity contribution < 1.29 is 20.4 Å². The summed E-state index contributed by atoms with van der Waals surface area (Å²) in [6, 6.07) is 13.3. The molecule has 0 aromatic heterocycles. The minimum atomic E-state index is -0.674. The van der Waals surface area contributed by atoms with E-state index in [2.05, 4.69) is 0 Å². The quantitative estimate of drug-likeness (QED) is 0.662. The Morgan fingerprint density at radius 1 is 0.800 bits per heavy atom. The lowest BCUT2D eigenvalue weighted by atomic mass is 10.3. The second-order valence-electron chi connectivity index (χ2n) is 3.37. The SMILES string of the molecule is O.O=[N+]([O-])c1cccc([N+](=O)[O-])c1.Oc1ccccc1. The van der Waals surface area contributed by atoms with Gasteiger partial charge in [0.1, 0.15) is 5.75 Å². The number of nitro benzene ring substituents is 2. The average Bonchev–Trinajstić information content (AvgIpc) is 2.40. The molecule has 8 heteroatoms. The van der Waals surface area contributed by atoms with Crippen LogP contribution in [0.4, 0.5) is 11.4 Å². The number of nitrogens with zero attached hydrogens (tertiary/aromatic N) is 2. The summed E-state index contributed by atoms with van der Waals surface area (Å²) in [6.45, 7) is 0. The maximum absolute atomic E-state index is 10.2. The highest BCUT2D eigenvalue weighted by Gasteiger charge is 2.11. The van der Waals surface area contributed by atoms with Gasteiger partial charge >= 0.3 is 0 Å². The Kier molecular flexibility index (Phi) is 6.94. The van der Waals surface area contributed by atoms with Crippen LogP contribution >= 0.6 is 0 Å². The first-order valence-corrected chi connectivity index (χ1v) is 5.13. The van der Waals surface area contributed by atoms with Crippen molar-refractivity contribution in [1.82, 2.24) is 0 Å². The van der Waals surface area contributed by atoms with Gasteiger partial charge in [-0.05, 0) is 18.2 Å². The van der Waals surface area contributed by atoms with E-state index >= 15 is 0 Å². The minimum absolute atomic E-state index is 0. The first-order valence-electron chi connectivity index (χ1n) is 5.13. The summed E-state index contributed by atoms with van der Waals surface area (Å²) in [5.41, 5.74) is -0.548. The molecule has 0 aliphatic carbocycles. The molecule has 0 bridgehead atoms. The van der Waals surface area contributed by atoms with Gasteiger partial charge in [-0.2, -0.15) is 0 Å². The molecule has 0 unspecified atom stereocenters. The summed E-state index contributed by atoms with van der Waals surface area (Å²) in [4.78, 5) is 19.0. The predicted octanol–water partition coefficient (Wildman–Crippen LogP) is 2.07. The van der Waals surface area contributed by atoms with Crippen LogP contribution in [0.2, 0.25) is 0 Å². The molecule has 0 aliphatic rings. The summed E-state index contributed by atoms with van der Waals surface area (Å²) >= 11 is 0. The van der Waals surface area contributed by atoms with E-state index in [1.807, 2.05) is 6.07 Å². The third-order valence-electron chi connectivity index (χ3n) is 2.01. The van der Waals surface area contributed by atoms with Crippen molar-refractivity contribution >= 4 is 11.4 Å². The van der Waals surface area contributed by atoms with Crippen LogP contribution in [-0.2, 0) is 0 Å². The zero-order chi connectivity index (χ0) is 14.3. The van der Waals surface area contributed by atoms with Crippen molar-refractivity contribution in [2.75, 3.05) is 0 Å². The highest BCUT2D eigenvalue weighted by Crippen LogP contribution is 2.18.